The number of anilines is 1. The molecule has 2 N–H and O–H groups in total. The van der Waals surface area contributed by atoms with Crippen LogP contribution in [0.2, 0.25) is 0 Å². The van der Waals surface area contributed by atoms with Crippen molar-refractivity contribution in [2.24, 2.45) is 0 Å². The highest BCUT2D eigenvalue weighted by molar-refractivity contribution is 7.98. The van der Waals surface area contributed by atoms with Crippen LogP contribution in [0, 0.1) is 5.82 Å². The number of hydrogen-bond donors (Lipinski definition) is 2. The predicted molar refractivity (Wildman–Crippen MR) is 131 cm³/mol. The number of benzene rings is 2. The Labute approximate surface area is 192 Å². The van der Waals surface area contributed by atoms with Gasteiger partial charge < -0.3 is 14.4 Å². The van der Waals surface area contributed by atoms with E-state index >= 15 is 0 Å². The highest BCUT2D eigenvalue weighted by atomic mass is 32.2. The zero-order valence-electron chi connectivity index (χ0n) is 18.5. The molecule has 7 heteroatoms. The van der Waals surface area contributed by atoms with Gasteiger partial charge in [-0.05, 0) is 67.8 Å². The SMILES string of the molecule is CC(C)N1Cc2cc(O)ccc2N(CCN2CC=C(c3c[nH]c4cc(F)ccc34)CC2)S1. The number of halogens is 1. The molecule has 1 aromatic heterocycles. The molecule has 0 atom stereocenters. The lowest BCUT2D eigenvalue weighted by molar-refractivity contribution is 0.310. The molecule has 0 amide bonds. The molecule has 2 aliphatic rings. The van der Waals surface area contributed by atoms with Gasteiger partial charge in [0.05, 0.1) is 5.69 Å². The number of fused-ring (bicyclic) bond motifs is 2. The average molecular weight is 453 g/mol. The van der Waals surface area contributed by atoms with E-state index in [0.29, 0.717) is 11.8 Å². The van der Waals surface area contributed by atoms with Gasteiger partial charge in [-0.15, -0.1) is 0 Å². The summed E-state index contributed by atoms with van der Waals surface area (Å²) in [6.45, 7) is 9.06. The van der Waals surface area contributed by atoms with Crippen LogP contribution in [-0.4, -0.2) is 51.5 Å². The van der Waals surface area contributed by atoms with Gasteiger partial charge in [0, 0.05) is 73.6 Å². The quantitative estimate of drug-likeness (QED) is 0.508. The molecule has 0 radical (unpaired) electrons. The number of aromatic nitrogens is 1. The fourth-order valence-corrected chi connectivity index (χ4v) is 5.57. The van der Waals surface area contributed by atoms with Crippen molar-refractivity contribution in [3.63, 3.8) is 0 Å². The van der Waals surface area contributed by atoms with E-state index in [1.807, 2.05) is 24.4 Å². The Morgan fingerprint density at radius 3 is 2.81 bits per heavy atom. The molecule has 0 aliphatic carbocycles. The van der Waals surface area contributed by atoms with Gasteiger partial charge in [0.25, 0.3) is 0 Å². The smallest absolute Gasteiger partial charge is 0.125 e. The number of rotatable bonds is 5. The van der Waals surface area contributed by atoms with Crippen LogP contribution in [-0.2, 0) is 6.54 Å². The van der Waals surface area contributed by atoms with Crippen molar-refractivity contribution in [2.45, 2.75) is 32.9 Å². The van der Waals surface area contributed by atoms with Crippen molar-refractivity contribution in [2.75, 3.05) is 30.5 Å². The maximum atomic E-state index is 13.5. The van der Waals surface area contributed by atoms with Crippen LogP contribution < -0.4 is 4.31 Å². The molecule has 5 rings (SSSR count). The van der Waals surface area contributed by atoms with Crippen molar-refractivity contribution < 1.29 is 9.50 Å². The van der Waals surface area contributed by atoms with E-state index < -0.39 is 0 Å². The summed E-state index contributed by atoms with van der Waals surface area (Å²) in [5.41, 5.74) is 5.74. The Balaban J connectivity index is 1.26. The number of hydrogen-bond acceptors (Lipinski definition) is 5. The molecule has 0 saturated carbocycles. The van der Waals surface area contributed by atoms with Crippen LogP contribution in [0.15, 0.2) is 48.7 Å². The molecule has 3 aromatic rings. The second-order valence-corrected chi connectivity index (χ2v) is 9.91. The largest absolute Gasteiger partial charge is 0.508 e. The first-order valence-electron chi connectivity index (χ1n) is 11.2. The van der Waals surface area contributed by atoms with Gasteiger partial charge in [-0.3, -0.25) is 4.90 Å². The second-order valence-electron chi connectivity index (χ2n) is 8.84. The summed E-state index contributed by atoms with van der Waals surface area (Å²) in [5, 5.41) is 11.0. The van der Waals surface area contributed by atoms with Crippen molar-refractivity contribution in [1.82, 2.24) is 14.2 Å². The normalized spacial score (nSPS) is 17.8. The summed E-state index contributed by atoms with van der Waals surface area (Å²) in [6, 6.07) is 11.1. The third-order valence-electron chi connectivity index (χ3n) is 6.34. The molecule has 0 spiro atoms. The molecule has 2 aliphatic heterocycles. The summed E-state index contributed by atoms with van der Waals surface area (Å²) < 4.78 is 18.2. The van der Waals surface area contributed by atoms with Gasteiger partial charge in [0.1, 0.15) is 11.6 Å². The number of nitrogens with zero attached hydrogens (tertiary/aromatic N) is 3. The number of phenolic OH excluding ortho intramolecular Hbond substituents is 1. The molecule has 0 unspecified atom stereocenters. The maximum absolute atomic E-state index is 13.5. The molecule has 5 nitrogen and oxygen atoms in total. The van der Waals surface area contributed by atoms with Gasteiger partial charge in [0.15, 0.2) is 0 Å². The molecular weight excluding hydrogens is 423 g/mol. The Hall–Kier alpha value is -2.48. The van der Waals surface area contributed by atoms with Crippen LogP contribution in [0.5, 0.6) is 5.75 Å². The summed E-state index contributed by atoms with van der Waals surface area (Å²) in [7, 11) is 0. The number of aromatic amines is 1. The molecule has 168 valence electrons. The fraction of sp³-hybridized carbons (Fsp3) is 0.360. The number of phenols is 1. The van der Waals surface area contributed by atoms with Gasteiger partial charge >= 0.3 is 0 Å². The van der Waals surface area contributed by atoms with E-state index in [9.17, 15) is 9.50 Å². The zero-order chi connectivity index (χ0) is 22.2. The van der Waals surface area contributed by atoms with E-state index in [-0.39, 0.29) is 5.82 Å². The lowest BCUT2D eigenvalue weighted by atomic mass is 9.99. The highest BCUT2D eigenvalue weighted by Crippen LogP contribution is 2.38. The summed E-state index contributed by atoms with van der Waals surface area (Å²) in [6.07, 6.45) is 5.30. The Morgan fingerprint density at radius 1 is 1.16 bits per heavy atom. The van der Waals surface area contributed by atoms with Crippen LogP contribution in [0.25, 0.3) is 16.5 Å². The molecule has 32 heavy (non-hydrogen) atoms. The van der Waals surface area contributed by atoms with Crippen LogP contribution >= 0.6 is 12.1 Å². The van der Waals surface area contributed by atoms with Crippen LogP contribution in [0.1, 0.15) is 31.4 Å². The minimum Gasteiger partial charge on any atom is -0.508 e. The van der Waals surface area contributed by atoms with Crippen molar-refractivity contribution in [3.05, 3.63) is 65.6 Å². The van der Waals surface area contributed by atoms with E-state index in [1.54, 1.807) is 24.3 Å². The van der Waals surface area contributed by atoms with E-state index in [4.69, 9.17) is 0 Å². The van der Waals surface area contributed by atoms with Gasteiger partial charge in [0.2, 0.25) is 0 Å². The number of H-pyrrole nitrogens is 1. The Bertz CT molecular complexity index is 1160. The van der Waals surface area contributed by atoms with E-state index in [2.05, 4.69) is 38.4 Å². The third-order valence-corrected chi connectivity index (χ3v) is 7.68. The Morgan fingerprint density at radius 2 is 2.03 bits per heavy atom. The molecule has 0 bridgehead atoms. The Kier molecular flexibility index (Phi) is 5.88. The molecule has 0 saturated heterocycles. The topological polar surface area (TPSA) is 45.7 Å². The monoisotopic (exact) mass is 452 g/mol. The number of nitrogens with one attached hydrogen (secondary N) is 1. The van der Waals surface area contributed by atoms with Crippen LogP contribution in [0.3, 0.4) is 0 Å². The minimum atomic E-state index is -0.210. The number of aromatic hydroxyl groups is 1. The summed E-state index contributed by atoms with van der Waals surface area (Å²) in [4.78, 5) is 5.69. The molecule has 2 aromatic carbocycles. The lowest BCUT2D eigenvalue weighted by Crippen LogP contribution is -2.40. The minimum absolute atomic E-state index is 0.210. The van der Waals surface area contributed by atoms with Gasteiger partial charge in [-0.2, -0.15) is 0 Å². The maximum Gasteiger partial charge on any atom is 0.125 e. The average Bonchev–Trinajstić information content (AvgIpc) is 3.20. The molecule has 3 heterocycles. The standard InChI is InChI=1S/C25H29FN4OS/c1-17(2)30-16-19-13-21(31)4-6-25(19)29(32-30)12-11-28-9-7-18(8-10-28)23-15-27-24-14-20(26)3-5-22(23)24/h3-7,13-15,17,27,31H,8-12,16H2,1-2H3. The summed E-state index contributed by atoms with van der Waals surface area (Å²) >= 11 is 1.79. The van der Waals surface area contributed by atoms with Gasteiger partial charge in [-0.1, -0.05) is 6.08 Å². The van der Waals surface area contributed by atoms with Crippen molar-refractivity contribution in [3.8, 4) is 5.75 Å². The third kappa shape index (κ3) is 4.25. The molecular formula is C25H29FN4OS. The van der Waals surface area contributed by atoms with E-state index in [0.717, 1.165) is 50.0 Å². The van der Waals surface area contributed by atoms with Crippen molar-refractivity contribution in [1.29, 1.82) is 0 Å². The van der Waals surface area contributed by atoms with E-state index in [1.165, 1.54) is 28.5 Å². The predicted octanol–water partition coefficient (Wildman–Crippen LogP) is 5.40. The fourth-order valence-electron chi connectivity index (χ4n) is 4.50. The van der Waals surface area contributed by atoms with Crippen molar-refractivity contribution >= 4 is 34.3 Å². The highest BCUT2D eigenvalue weighted by Gasteiger charge is 2.26. The lowest BCUT2D eigenvalue weighted by Gasteiger charge is -2.39. The first kappa shape index (κ1) is 21.4. The van der Waals surface area contributed by atoms with Gasteiger partial charge in [-0.25, -0.2) is 8.70 Å². The molecule has 0 fully saturated rings. The summed E-state index contributed by atoms with van der Waals surface area (Å²) in [5.74, 6) is 0.117. The first-order valence-corrected chi connectivity index (χ1v) is 11.9. The first-order chi connectivity index (χ1) is 15.5. The second kappa shape index (κ2) is 8.81. The zero-order valence-corrected chi connectivity index (χ0v) is 19.3. The van der Waals surface area contributed by atoms with Crippen LogP contribution in [0.4, 0.5) is 10.1 Å².